The molecule has 2 fully saturated rings. The van der Waals surface area contributed by atoms with E-state index in [1.54, 1.807) is 7.11 Å². The summed E-state index contributed by atoms with van der Waals surface area (Å²) in [7, 11) is 1.72. The highest BCUT2D eigenvalue weighted by Gasteiger charge is 2.32. The monoisotopic (exact) mass is 543 g/mol. The smallest absolute Gasteiger partial charge is 0.230 e. The number of amides is 1. The molecule has 2 aromatic carbocycles. The van der Waals surface area contributed by atoms with Gasteiger partial charge in [0.1, 0.15) is 12.1 Å². The molecule has 1 amide bonds. The number of carbonyl (C=O) groups excluding carboxylic acids is 1. The molecule has 2 aliphatic rings. The van der Waals surface area contributed by atoms with Crippen LogP contribution in [0.25, 0.3) is 0 Å². The predicted octanol–water partition coefficient (Wildman–Crippen LogP) is 6.11. The fourth-order valence-electron chi connectivity index (χ4n) is 6.06. The molecule has 7 heteroatoms. The van der Waals surface area contributed by atoms with Crippen molar-refractivity contribution in [2.24, 2.45) is 11.8 Å². The van der Waals surface area contributed by atoms with Crippen molar-refractivity contribution in [2.45, 2.75) is 70.3 Å². The molecule has 2 aliphatic carbocycles. The van der Waals surface area contributed by atoms with Crippen molar-refractivity contribution >= 4 is 23.1 Å². The molecule has 0 atom stereocenters. The molecule has 6 nitrogen and oxygen atoms in total. The van der Waals surface area contributed by atoms with Gasteiger partial charge in [-0.05, 0) is 123 Å². The highest BCUT2D eigenvalue weighted by atomic mass is 32.1. The molecule has 0 aliphatic heterocycles. The normalized spacial score (nSPS) is 22.9. The summed E-state index contributed by atoms with van der Waals surface area (Å²) in [5.41, 5.74) is 4.34. The summed E-state index contributed by atoms with van der Waals surface area (Å²) in [4.78, 5) is 20.1. The quantitative estimate of drug-likeness (QED) is 0.380. The standard InChI is InChI=1S/C32H37N3O3S/c1-22-18-27(13-16-30(22)38-2)25-9-6-24(7-10-25)20-35(32(37)26-11-14-29(36)15-12-26)28-5-3-4-23(19-28)8-17-31-33-21-34-39-31/h3-5,13,16,18-19,21,24-26,29,36H,6-7,9-12,14-15,20H2,1-2H3/t24-,25-,26-,29-. The lowest BCUT2D eigenvalue weighted by Gasteiger charge is -2.36. The number of aliphatic hydroxyl groups is 1. The zero-order valence-electron chi connectivity index (χ0n) is 22.8. The average Bonchev–Trinajstić information content (AvgIpc) is 3.49. The number of ether oxygens (including phenoxy) is 1. The first-order chi connectivity index (χ1) is 19.0. The Morgan fingerprint density at radius 3 is 2.54 bits per heavy atom. The Morgan fingerprint density at radius 1 is 1.05 bits per heavy atom. The second kappa shape index (κ2) is 12.8. The summed E-state index contributed by atoms with van der Waals surface area (Å²) in [6.45, 7) is 2.83. The number of aromatic nitrogens is 2. The van der Waals surface area contributed by atoms with E-state index in [9.17, 15) is 9.90 Å². The highest BCUT2D eigenvalue weighted by Crippen LogP contribution is 2.38. The van der Waals surface area contributed by atoms with Crippen LogP contribution in [-0.2, 0) is 4.79 Å². The van der Waals surface area contributed by atoms with Crippen LogP contribution in [0.4, 0.5) is 5.69 Å². The Kier molecular flexibility index (Phi) is 8.95. The Bertz CT molecular complexity index is 1310. The minimum atomic E-state index is -0.279. The molecule has 1 N–H and O–H groups in total. The SMILES string of the molecule is COc1ccc([C@H]2CC[C@H](CN(c3cccc(C#Cc4ncns4)c3)C(=O)[C@H]3CC[C@H](O)CC3)CC2)cc1C. The minimum Gasteiger partial charge on any atom is -0.496 e. The van der Waals surface area contributed by atoms with Crippen LogP contribution in [0, 0.1) is 30.6 Å². The van der Waals surface area contributed by atoms with Gasteiger partial charge >= 0.3 is 0 Å². The zero-order chi connectivity index (χ0) is 27.2. The first-order valence-electron chi connectivity index (χ1n) is 14.0. The molecule has 0 saturated heterocycles. The molecule has 5 rings (SSSR count). The lowest BCUT2D eigenvalue weighted by Crippen LogP contribution is -2.41. The van der Waals surface area contributed by atoms with Crippen LogP contribution in [0.1, 0.15) is 79.0 Å². The Labute approximate surface area is 235 Å². The van der Waals surface area contributed by atoms with Gasteiger partial charge in [-0.25, -0.2) is 4.98 Å². The van der Waals surface area contributed by atoms with Crippen LogP contribution >= 0.6 is 11.5 Å². The summed E-state index contributed by atoms with van der Waals surface area (Å²) in [6, 6.07) is 14.6. The van der Waals surface area contributed by atoms with E-state index in [2.05, 4.69) is 46.3 Å². The van der Waals surface area contributed by atoms with E-state index in [0.29, 0.717) is 29.7 Å². The fourth-order valence-corrected chi connectivity index (χ4v) is 6.45. The maximum absolute atomic E-state index is 13.9. The lowest BCUT2D eigenvalue weighted by atomic mass is 9.78. The molecular formula is C32H37N3O3S. The third-order valence-corrected chi connectivity index (χ3v) is 8.90. The van der Waals surface area contributed by atoms with Gasteiger partial charge in [-0.3, -0.25) is 4.79 Å². The van der Waals surface area contributed by atoms with E-state index in [1.165, 1.54) is 29.0 Å². The number of nitrogens with zero attached hydrogens (tertiary/aromatic N) is 3. The van der Waals surface area contributed by atoms with E-state index in [1.807, 2.05) is 29.2 Å². The number of hydrogen-bond donors (Lipinski definition) is 1. The van der Waals surface area contributed by atoms with Crippen molar-refractivity contribution in [1.29, 1.82) is 0 Å². The Balaban J connectivity index is 1.31. The summed E-state index contributed by atoms with van der Waals surface area (Å²) in [6.07, 6.45) is 8.57. The number of anilines is 1. The average molecular weight is 544 g/mol. The molecule has 0 bridgehead atoms. The summed E-state index contributed by atoms with van der Waals surface area (Å²) < 4.78 is 9.46. The van der Waals surface area contributed by atoms with E-state index in [0.717, 1.165) is 62.1 Å². The van der Waals surface area contributed by atoms with Crippen LogP contribution < -0.4 is 9.64 Å². The minimum absolute atomic E-state index is 0.0388. The molecular weight excluding hydrogens is 506 g/mol. The van der Waals surface area contributed by atoms with E-state index in [-0.39, 0.29) is 17.9 Å². The predicted molar refractivity (Wildman–Crippen MR) is 155 cm³/mol. The summed E-state index contributed by atoms with van der Waals surface area (Å²) in [5.74, 6) is 8.34. The first-order valence-corrected chi connectivity index (χ1v) is 14.8. The molecule has 2 saturated carbocycles. The van der Waals surface area contributed by atoms with Crippen LogP contribution in [-0.4, -0.2) is 40.1 Å². The number of hydrogen-bond acceptors (Lipinski definition) is 6. The second-order valence-corrected chi connectivity index (χ2v) is 11.7. The first kappa shape index (κ1) is 27.4. The van der Waals surface area contributed by atoms with Crippen molar-refractivity contribution in [2.75, 3.05) is 18.6 Å². The summed E-state index contributed by atoms with van der Waals surface area (Å²) in [5, 5.41) is 10.7. The van der Waals surface area contributed by atoms with Crippen LogP contribution in [0.2, 0.25) is 0 Å². The zero-order valence-corrected chi connectivity index (χ0v) is 23.6. The number of benzene rings is 2. The van der Waals surface area contributed by atoms with Crippen molar-refractivity contribution < 1.29 is 14.6 Å². The topological polar surface area (TPSA) is 75.5 Å². The van der Waals surface area contributed by atoms with Crippen molar-refractivity contribution in [1.82, 2.24) is 9.36 Å². The van der Waals surface area contributed by atoms with Gasteiger partial charge in [0, 0.05) is 23.7 Å². The molecule has 0 unspecified atom stereocenters. The third kappa shape index (κ3) is 6.87. The maximum Gasteiger partial charge on any atom is 0.230 e. The maximum atomic E-state index is 13.9. The number of rotatable bonds is 6. The van der Waals surface area contributed by atoms with Crippen LogP contribution in [0.15, 0.2) is 48.8 Å². The van der Waals surface area contributed by atoms with E-state index >= 15 is 0 Å². The van der Waals surface area contributed by atoms with Gasteiger partial charge < -0.3 is 14.7 Å². The number of carbonyl (C=O) groups is 1. The lowest BCUT2D eigenvalue weighted by molar-refractivity contribution is -0.124. The number of aliphatic hydroxyl groups excluding tert-OH is 1. The molecule has 1 heterocycles. The van der Waals surface area contributed by atoms with Gasteiger partial charge in [-0.1, -0.05) is 24.1 Å². The van der Waals surface area contributed by atoms with Crippen LogP contribution in [0.3, 0.4) is 0 Å². The van der Waals surface area contributed by atoms with E-state index in [4.69, 9.17) is 4.74 Å². The molecule has 1 aromatic heterocycles. The molecule has 0 radical (unpaired) electrons. The van der Waals surface area contributed by atoms with Crippen molar-refractivity contribution in [3.8, 4) is 17.6 Å². The van der Waals surface area contributed by atoms with Crippen molar-refractivity contribution in [3.05, 3.63) is 70.5 Å². The van der Waals surface area contributed by atoms with Gasteiger partial charge in [0.05, 0.1) is 13.2 Å². The number of methoxy groups -OCH3 is 1. The van der Waals surface area contributed by atoms with Gasteiger partial charge in [0.15, 0.2) is 5.01 Å². The van der Waals surface area contributed by atoms with Crippen LogP contribution in [0.5, 0.6) is 5.75 Å². The van der Waals surface area contributed by atoms with Gasteiger partial charge in [0.2, 0.25) is 5.91 Å². The number of aryl methyl sites for hydroxylation is 1. The third-order valence-electron chi connectivity index (χ3n) is 8.32. The molecule has 39 heavy (non-hydrogen) atoms. The van der Waals surface area contributed by atoms with Gasteiger partial charge in [0.25, 0.3) is 0 Å². The largest absolute Gasteiger partial charge is 0.496 e. The van der Waals surface area contributed by atoms with E-state index < -0.39 is 0 Å². The molecule has 3 aromatic rings. The molecule has 0 spiro atoms. The van der Waals surface area contributed by atoms with Crippen molar-refractivity contribution in [3.63, 3.8) is 0 Å². The summed E-state index contributed by atoms with van der Waals surface area (Å²) >= 11 is 1.27. The Morgan fingerprint density at radius 2 is 1.85 bits per heavy atom. The second-order valence-electron chi connectivity index (χ2n) is 10.9. The fraction of sp³-hybridized carbons (Fsp3) is 0.469. The highest BCUT2D eigenvalue weighted by molar-refractivity contribution is 7.05. The van der Waals surface area contributed by atoms with Gasteiger partial charge in [-0.2, -0.15) is 4.37 Å². The molecule has 204 valence electrons. The Hall–Kier alpha value is -3.21. The van der Waals surface area contributed by atoms with Gasteiger partial charge in [-0.15, -0.1) is 0 Å².